The molecule has 0 atom stereocenters. The van der Waals surface area contributed by atoms with Crippen molar-refractivity contribution in [3.8, 4) is 0 Å². The number of aromatic amines is 1. The summed E-state index contributed by atoms with van der Waals surface area (Å²) in [6.07, 6.45) is 1.21. The Balaban J connectivity index is 1.73. The minimum Gasteiger partial charge on any atom is -0.309 e. The van der Waals surface area contributed by atoms with Gasteiger partial charge in [-0.05, 0) is 13.3 Å². The standard InChI is InChI=1S/C15H17N3O2/c1-11-10-14(18-17-11)16-15(20)9-5-8-13(19)12-6-3-2-4-7-12/h2-4,6-7,10H,5,8-9H2,1H3,(H2,16,17,18,20). The van der Waals surface area contributed by atoms with Crippen molar-refractivity contribution >= 4 is 17.5 Å². The highest BCUT2D eigenvalue weighted by molar-refractivity contribution is 5.96. The molecule has 5 nitrogen and oxygen atoms in total. The monoisotopic (exact) mass is 271 g/mol. The van der Waals surface area contributed by atoms with Gasteiger partial charge in [0.25, 0.3) is 0 Å². The first-order chi connectivity index (χ1) is 9.65. The summed E-state index contributed by atoms with van der Waals surface area (Å²) in [6.45, 7) is 1.86. The molecule has 0 bridgehead atoms. The van der Waals surface area contributed by atoms with Crippen molar-refractivity contribution < 1.29 is 9.59 Å². The maximum absolute atomic E-state index is 11.8. The summed E-state index contributed by atoms with van der Waals surface area (Å²) in [4.78, 5) is 23.5. The van der Waals surface area contributed by atoms with Gasteiger partial charge in [-0.3, -0.25) is 14.7 Å². The molecule has 2 rings (SSSR count). The Hall–Kier alpha value is -2.43. The van der Waals surface area contributed by atoms with Crippen LogP contribution >= 0.6 is 0 Å². The van der Waals surface area contributed by atoms with Crippen LogP contribution < -0.4 is 5.32 Å². The van der Waals surface area contributed by atoms with Crippen molar-refractivity contribution in [2.75, 3.05) is 5.32 Å². The number of H-pyrrole nitrogens is 1. The number of rotatable bonds is 6. The van der Waals surface area contributed by atoms with Gasteiger partial charge in [0.2, 0.25) is 5.91 Å². The Kier molecular flexibility index (Phi) is 4.65. The molecule has 104 valence electrons. The Morgan fingerprint density at radius 1 is 1.20 bits per heavy atom. The molecule has 0 aliphatic carbocycles. The number of hydrogen-bond donors (Lipinski definition) is 2. The molecule has 1 amide bonds. The van der Waals surface area contributed by atoms with Gasteiger partial charge in [-0.1, -0.05) is 30.3 Å². The van der Waals surface area contributed by atoms with Gasteiger partial charge in [0.15, 0.2) is 11.6 Å². The number of amides is 1. The van der Waals surface area contributed by atoms with E-state index in [0.29, 0.717) is 30.6 Å². The Morgan fingerprint density at radius 2 is 1.95 bits per heavy atom. The third-order valence-electron chi connectivity index (χ3n) is 2.88. The highest BCUT2D eigenvalue weighted by Gasteiger charge is 2.08. The van der Waals surface area contributed by atoms with Crippen molar-refractivity contribution in [1.29, 1.82) is 0 Å². The quantitative estimate of drug-likeness (QED) is 0.793. The van der Waals surface area contributed by atoms with Crippen LogP contribution in [0.25, 0.3) is 0 Å². The summed E-state index contributed by atoms with van der Waals surface area (Å²) in [6, 6.07) is 10.9. The normalized spacial score (nSPS) is 10.2. The van der Waals surface area contributed by atoms with Crippen LogP contribution in [-0.2, 0) is 4.79 Å². The van der Waals surface area contributed by atoms with Crippen LogP contribution in [-0.4, -0.2) is 21.9 Å². The summed E-state index contributed by atoms with van der Waals surface area (Å²) in [7, 11) is 0. The second-order valence-corrected chi connectivity index (χ2v) is 4.63. The van der Waals surface area contributed by atoms with E-state index in [0.717, 1.165) is 5.69 Å². The van der Waals surface area contributed by atoms with E-state index in [1.54, 1.807) is 18.2 Å². The predicted octanol–water partition coefficient (Wildman–Crippen LogP) is 2.71. The third kappa shape index (κ3) is 4.05. The second kappa shape index (κ2) is 6.65. The minimum absolute atomic E-state index is 0.0639. The smallest absolute Gasteiger partial charge is 0.225 e. The van der Waals surface area contributed by atoms with Crippen molar-refractivity contribution in [2.24, 2.45) is 0 Å². The molecular formula is C15H17N3O2. The van der Waals surface area contributed by atoms with Crippen LogP contribution in [0.3, 0.4) is 0 Å². The molecule has 0 aliphatic heterocycles. The van der Waals surface area contributed by atoms with Crippen LogP contribution in [0.4, 0.5) is 5.82 Å². The largest absolute Gasteiger partial charge is 0.309 e. The number of anilines is 1. The first-order valence-electron chi connectivity index (χ1n) is 6.55. The molecule has 0 spiro atoms. The van der Waals surface area contributed by atoms with E-state index < -0.39 is 0 Å². The molecule has 20 heavy (non-hydrogen) atoms. The van der Waals surface area contributed by atoms with E-state index in [1.807, 2.05) is 25.1 Å². The van der Waals surface area contributed by atoms with E-state index in [2.05, 4.69) is 15.5 Å². The lowest BCUT2D eigenvalue weighted by atomic mass is 10.1. The number of ketones is 1. The predicted molar refractivity (Wildman–Crippen MR) is 76.6 cm³/mol. The van der Waals surface area contributed by atoms with E-state index >= 15 is 0 Å². The van der Waals surface area contributed by atoms with E-state index in [9.17, 15) is 9.59 Å². The molecule has 2 aromatic rings. The number of aromatic nitrogens is 2. The van der Waals surface area contributed by atoms with Crippen LogP contribution in [0.5, 0.6) is 0 Å². The molecule has 0 fully saturated rings. The fourth-order valence-corrected chi connectivity index (χ4v) is 1.87. The SMILES string of the molecule is Cc1cc(NC(=O)CCCC(=O)c2ccccc2)n[nH]1. The average molecular weight is 271 g/mol. The summed E-state index contributed by atoms with van der Waals surface area (Å²) in [5, 5.41) is 9.36. The van der Waals surface area contributed by atoms with Crippen molar-refractivity contribution in [2.45, 2.75) is 26.2 Å². The maximum atomic E-state index is 11.8. The van der Waals surface area contributed by atoms with Crippen molar-refractivity contribution in [1.82, 2.24) is 10.2 Å². The highest BCUT2D eigenvalue weighted by Crippen LogP contribution is 2.09. The number of benzene rings is 1. The van der Waals surface area contributed by atoms with E-state index in [1.165, 1.54) is 0 Å². The molecule has 0 aliphatic rings. The molecule has 0 unspecified atom stereocenters. The van der Waals surface area contributed by atoms with E-state index in [4.69, 9.17) is 0 Å². The number of carbonyl (C=O) groups excluding carboxylic acids is 2. The van der Waals surface area contributed by atoms with Crippen molar-refractivity contribution in [3.05, 3.63) is 47.7 Å². The summed E-state index contributed by atoms with van der Waals surface area (Å²) < 4.78 is 0. The number of nitrogens with one attached hydrogen (secondary N) is 2. The van der Waals surface area contributed by atoms with Crippen LogP contribution in [0.1, 0.15) is 35.3 Å². The summed E-state index contributed by atoms with van der Waals surface area (Å²) in [5.41, 5.74) is 1.58. The van der Waals surface area contributed by atoms with Gasteiger partial charge in [-0.2, -0.15) is 5.10 Å². The van der Waals surface area contributed by atoms with E-state index in [-0.39, 0.29) is 11.7 Å². The number of carbonyl (C=O) groups is 2. The molecule has 0 radical (unpaired) electrons. The molecule has 0 saturated heterocycles. The topological polar surface area (TPSA) is 74.8 Å². The maximum Gasteiger partial charge on any atom is 0.225 e. The van der Waals surface area contributed by atoms with Gasteiger partial charge in [0, 0.05) is 30.2 Å². The Morgan fingerprint density at radius 3 is 2.60 bits per heavy atom. The Bertz CT molecular complexity index is 590. The number of hydrogen-bond acceptors (Lipinski definition) is 3. The zero-order valence-electron chi connectivity index (χ0n) is 11.3. The molecular weight excluding hydrogens is 254 g/mol. The fourth-order valence-electron chi connectivity index (χ4n) is 1.87. The lowest BCUT2D eigenvalue weighted by Gasteiger charge is -2.02. The second-order valence-electron chi connectivity index (χ2n) is 4.63. The molecule has 1 heterocycles. The molecule has 0 saturated carbocycles. The summed E-state index contributed by atoms with van der Waals surface area (Å²) in [5.74, 6) is 0.452. The number of Topliss-reactive ketones (excluding diaryl/α,β-unsaturated/α-hetero) is 1. The molecule has 1 aromatic carbocycles. The third-order valence-corrected chi connectivity index (χ3v) is 2.88. The molecule has 1 aromatic heterocycles. The van der Waals surface area contributed by atoms with Crippen LogP contribution in [0.2, 0.25) is 0 Å². The van der Waals surface area contributed by atoms with Gasteiger partial charge in [-0.25, -0.2) is 0 Å². The first-order valence-corrected chi connectivity index (χ1v) is 6.55. The van der Waals surface area contributed by atoms with Crippen LogP contribution in [0.15, 0.2) is 36.4 Å². The fraction of sp³-hybridized carbons (Fsp3) is 0.267. The van der Waals surface area contributed by atoms with Gasteiger partial charge in [0.05, 0.1) is 0 Å². The van der Waals surface area contributed by atoms with Gasteiger partial charge in [0.1, 0.15) is 0 Å². The van der Waals surface area contributed by atoms with Crippen LogP contribution in [0, 0.1) is 6.92 Å². The Labute approximate surface area is 117 Å². The average Bonchev–Trinajstić information content (AvgIpc) is 2.85. The number of aryl methyl sites for hydroxylation is 1. The zero-order valence-corrected chi connectivity index (χ0v) is 11.3. The lowest BCUT2D eigenvalue weighted by Crippen LogP contribution is -2.12. The lowest BCUT2D eigenvalue weighted by molar-refractivity contribution is -0.116. The molecule has 2 N–H and O–H groups in total. The van der Waals surface area contributed by atoms with Crippen molar-refractivity contribution in [3.63, 3.8) is 0 Å². The van der Waals surface area contributed by atoms with Gasteiger partial charge < -0.3 is 5.32 Å². The van der Waals surface area contributed by atoms with Gasteiger partial charge >= 0.3 is 0 Å². The van der Waals surface area contributed by atoms with Gasteiger partial charge in [-0.15, -0.1) is 0 Å². The number of nitrogens with zero attached hydrogens (tertiary/aromatic N) is 1. The minimum atomic E-state index is -0.127. The summed E-state index contributed by atoms with van der Waals surface area (Å²) >= 11 is 0. The molecule has 5 heteroatoms. The zero-order chi connectivity index (χ0) is 14.4. The first kappa shape index (κ1) is 14.0. The highest BCUT2D eigenvalue weighted by atomic mass is 16.1.